The first-order valence-electron chi connectivity index (χ1n) is 8.24. The SMILES string of the molecule is Cc1nc(NC(C)c2cccc(C(F)F)c2F)c2cc(Br)c(C(F)(F)F)nc2n1. The largest absolute Gasteiger partial charge is 0.434 e. The van der Waals surface area contributed by atoms with Crippen molar-refractivity contribution < 1.29 is 26.3 Å². The summed E-state index contributed by atoms with van der Waals surface area (Å²) in [5.41, 5.74) is -2.12. The van der Waals surface area contributed by atoms with E-state index in [4.69, 9.17) is 0 Å². The van der Waals surface area contributed by atoms with E-state index >= 15 is 0 Å². The van der Waals surface area contributed by atoms with Gasteiger partial charge in [-0.3, -0.25) is 0 Å². The molecule has 0 aliphatic heterocycles. The maximum absolute atomic E-state index is 14.4. The Morgan fingerprint density at radius 3 is 2.34 bits per heavy atom. The van der Waals surface area contributed by atoms with Gasteiger partial charge < -0.3 is 5.32 Å². The van der Waals surface area contributed by atoms with Crippen molar-refractivity contribution in [3.8, 4) is 0 Å². The number of alkyl halides is 5. The summed E-state index contributed by atoms with van der Waals surface area (Å²) >= 11 is 2.84. The van der Waals surface area contributed by atoms with Crippen LogP contribution in [0.15, 0.2) is 28.7 Å². The lowest BCUT2D eigenvalue weighted by Gasteiger charge is -2.19. The molecule has 0 spiro atoms. The highest BCUT2D eigenvalue weighted by Gasteiger charge is 2.36. The summed E-state index contributed by atoms with van der Waals surface area (Å²) in [7, 11) is 0. The van der Waals surface area contributed by atoms with Gasteiger partial charge in [0.15, 0.2) is 11.3 Å². The molecule has 1 atom stereocenters. The molecule has 0 amide bonds. The topological polar surface area (TPSA) is 50.7 Å². The first kappa shape index (κ1) is 21.3. The number of hydrogen-bond donors (Lipinski definition) is 1. The molecule has 3 aromatic rings. The van der Waals surface area contributed by atoms with Crippen LogP contribution in [0.3, 0.4) is 0 Å². The standard InChI is InChI=1S/C18H13BrF6N4/c1-7(9-4-3-5-10(13(9)20)15(21)22)26-16-11-6-12(19)14(18(23,24)25)29-17(11)28-8(2)27-16/h3-7,15H,1-2H3,(H,26,27,28,29). The molecule has 0 bridgehead atoms. The predicted octanol–water partition coefficient (Wildman–Crippen LogP) is 6.36. The van der Waals surface area contributed by atoms with Gasteiger partial charge in [-0.2, -0.15) is 13.2 Å². The first-order valence-corrected chi connectivity index (χ1v) is 9.03. The van der Waals surface area contributed by atoms with Crippen molar-refractivity contribution in [2.75, 3.05) is 5.32 Å². The third-order valence-electron chi connectivity index (χ3n) is 4.13. The quantitative estimate of drug-likeness (QED) is 0.443. The number of nitrogens with one attached hydrogen (secondary N) is 1. The molecule has 1 unspecified atom stereocenters. The average molecular weight is 479 g/mol. The zero-order valence-electron chi connectivity index (χ0n) is 15.0. The number of aryl methyl sites for hydroxylation is 1. The van der Waals surface area contributed by atoms with E-state index < -0.39 is 35.7 Å². The smallest absolute Gasteiger partial charge is 0.363 e. The molecule has 0 aliphatic rings. The number of benzene rings is 1. The number of pyridine rings is 1. The number of halogens is 7. The Bertz CT molecular complexity index is 1070. The molecule has 0 aliphatic carbocycles. The number of aromatic nitrogens is 3. The monoisotopic (exact) mass is 478 g/mol. The molecule has 4 nitrogen and oxygen atoms in total. The van der Waals surface area contributed by atoms with Crippen molar-refractivity contribution in [3.63, 3.8) is 0 Å². The van der Waals surface area contributed by atoms with Gasteiger partial charge in [-0.1, -0.05) is 18.2 Å². The van der Waals surface area contributed by atoms with E-state index in [-0.39, 0.29) is 32.7 Å². The normalized spacial score (nSPS) is 13.2. The minimum Gasteiger partial charge on any atom is -0.363 e. The summed E-state index contributed by atoms with van der Waals surface area (Å²) in [6, 6.07) is 3.97. The highest BCUT2D eigenvalue weighted by Crippen LogP contribution is 2.36. The number of fused-ring (bicyclic) bond motifs is 1. The zero-order valence-corrected chi connectivity index (χ0v) is 16.5. The first-order chi connectivity index (χ1) is 13.5. The second-order valence-corrected chi connectivity index (χ2v) is 7.08. The predicted molar refractivity (Wildman–Crippen MR) is 98.2 cm³/mol. The van der Waals surface area contributed by atoms with Crippen molar-refractivity contribution in [1.82, 2.24) is 15.0 Å². The van der Waals surface area contributed by atoms with Crippen LogP contribution in [0, 0.1) is 12.7 Å². The molecule has 2 heterocycles. The van der Waals surface area contributed by atoms with Gasteiger partial charge in [-0.25, -0.2) is 28.1 Å². The fourth-order valence-electron chi connectivity index (χ4n) is 2.80. The van der Waals surface area contributed by atoms with Gasteiger partial charge in [-0.15, -0.1) is 0 Å². The summed E-state index contributed by atoms with van der Waals surface area (Å²) in [5.74, 6) is -0.822. The Morgan fingerprint density at radius 2 is 1.72 bits per heavy atom. The Kier molecular flexibility index (Phi) is 5.70. The Hall–Kier alpha value is -2.43. The van der Waals surface area contributed by atoms with Gasteiger partial charge in [0, 0.05) is 10.0 Å². The van der Waals surface area contributed by atoms with Gasteiger partial charge in [0.1, 0.15) is 17.5 Å². The van der Waals surface area contributed by atoms with E-state index in [1.807, 2.05) is 0 Å². The lowest BCUT2D eigenvalue weighted by Crippen LogP contribution is -2.14. The maximum atomic E-state index is 14.4. The van der Waals surface area contributed by atoms with Crippen LogP contribution in [-0.4, -0.2) is 15.0 Å². The Balaban J connectivity index is 2.07. The summed E-state index contributed by atoms with van der Waals surface area (Å²) < 4.78 is 79.3. The number of rotatable bonds is 4. The van der Waals surface area contributed by atoms with Crippen molar-refractivity contribution in [2.24, 2.45) is 0 Å². The molecule has 1 N–H and O–H groups in total. The van der Waals surface area contributed by atoms with Crippen molar-refractivity contribution in [3.05, 3.63) is 57.2 Å². The summed E-state index contributed by atoms with van der Waals surface area (Å²) in [6.45, 7) is 2.98. The van der Waals surface area contributed by atoms with Crippen molar-refractivity contribution >= 4 is 32.8 Å². The van der Waals surface area contributed by atoms with E-state index in [1.165, 1.54) is 26.0 Å². The van der Waals surface area contributed by atoms with Crippen LogP contribution in [0.5, 0.6) is 0 Å². The van der Waals surface area contributed by atoms with E-state index in [2.05, 4.69) is 36.2 Å². The lowest BCUT2D eigenvalue weighted by atomic mass is 10.0. The minimum atomic E-state index is -4.69. The van der Waals surface area contributed by atoms with E-state index in [9.17, 15) is 26.3 Å². The highest BCUT2D eigenvalue weighted by atomic mass is 79.9. The van der Waals surface area contributed by atoms with E-state index in [0.717, 1.165) is 12.1 Å². The minimum absolute atomic E-state index is 0.0360. The Morgan fingerprint density at radius 1 is 1.07 bits per heavy atom. The number of nitrogens with zero attached hydrogens (tertiary/aromatic N) is 3. The van der Waals surface area contributed by atoms with Crippen molar-refractivity contribution in [2.45, 2.75) is 32.5 Å². The van der Waals surface area contributed by atoms with Crippen LogP contribution in [0.1, 0.15) is 42.0 Å². The second kappa shape index (κ2) is 7.77. The molecular formula is C18H13BrF6N4. The molecular weight excluding hydrogens is 466 g/mol. The second-order valence-electron chi connectivity index (χ2n) is 6.22. The van der Waals surface area contributed by atoms with Crippen LogP contribution >= 0.6 is 15.9 Å². The number of anilines is 1. The summed E-state index contributed by atoms with van der Waals surface area (Å²) in [6.07, 6.45) is -7.67. The Labute approximate surface area is 169 Å². The molecule has 154 valence electrons. The molecule has 0 fully saturated rings. The lowest BCUT2D eigenvalue weighted by molar-refractivity contribution is -0.141. The fraction of sp³-hybridized carbons (Fsp3) is 0.278. The van der Waals surface area contributed by atoms with Crippen LogP contribution in [0.4, 0.5) is 32.2 Å². The van der Waals surface area contributed by atoms with Crippen LogP contribution < -0.4 is 5.32 Å². The molecule has 2 aromatic heterocycles. The molecule has 0 saturated heterocycles. The fourth-order valence-corrected chi connectivity index (χ4v) is 3.34. The third-order valence-corrected chi connectivity index (χ3v) is 4.74. The highest BCUT2D eigenvalue weighted by molar-refractivity contribution is 9.10. The van der Waals surface area contributed by atoms with Crippen LogP contribution in [0.25, 0.3) is 11.0 Å². The van der Waals surface area contributed by atoms with E-state index in [0.29, 0.717) is 0 Å². The van der Waals surface area contributed by atoms with Crippen LogP contribution in [-0.2, 0) is 6.18 Å². The van der Waals surface area contributed by atoms with Gasteiger partial charge in [0.25, 0.3) is 6.43 Å². The number of hydrogen-bond acceptors (Lipinski definition) is 4. The molecule has 0 saturated carbocycles. The molecule has 11 heteroatoms. The third kappa shape index (κ3) is 4.29. The van der Waals surface area contributed by atoms with Crippen molar-refractivity contribution in [1.29, 1.82) is 0 Å². The molecule has 1 aromatic carbocycles. The van der Waals surface area contributed by atoms with Gasteiger partial charge in [0.05, 0.1) is 17.0 Å². The zero-order chi connectivity index (χ0) is 21.5. The molecule has 0 radical (unpaired) electrons. The molecule has 29 heavy (non-hydrogen) atoms. The summed E-state index contributed by atoms with van der Waals surface area (Å²) in [5, 5.41) is 3.02. The maximum Gasteiger partial charge on any atom is 0.434 e. The average Bonchev–Trinajstić information content (AvgIpc) is 2.60. The van der Waals surface area contributed by atoms with Gasteiger partial charge in [0.2, 0.25) is 0 Å². The van der Waals surface area contributed by atoms with E-state index in [1.54, 1.807) is 0 Å². The van der Waals surface area contributed by atoms with Crippen LogP contribution in [0.2, 0.25) is 0 Å². The van der Waals surface area contributed by atoms with Gasteiger partial charge >= 0.3 is 6.18 Å². The van der Waals surface area contributed by atoms with Gasteiger partial charge in [-0.05, 0) is 35.8 Å². The molecule has 3 rings (SSSR count). The summed E-state index contributed by atoms with van der Waals surface area (Å²) in [4.78, 5) is 11.6.